The van der Waals surface area contributed by atoms with Gasteiger partial charge in [-0.25, -0.2) is 0 Å². The average Bonchev–Trinajstić information content (AvgIpc) is 2.65. The summed E-state index contributed by atoms with van der Waals surface area (Å²) in [6, 6.07) is 0.391. The minimum Gasteiger partial charge on any atom is -0.381 e. The van der Waals surface area contributed by atoms with E-state index in [4.69, 9.17) is 4.74 Å². The molecule has 0 saturated carbocycles. The lowest BCUT2D eigenvalue weighted by Crippen LogP contribution is -2.18. The predicted molar refractivity (Wildman–Crippen MR) is 69.5 cm³/mol. The molecule has 0 saturated heterocycles. The van der Waals surface area contributed by atoms with Crippen LogP contribution in [0.15, 0.2) is 15.2 Å². The molecule has 1 aromatic rings. The Kier molecular flexibility index (Phi) is 6.48. The van der Waals surface area contributed by atoms with E-state index in [1.54, 1.807) is 11.3 Å². The molecule has 2 nitrogen and oxygen atoms in total. The van der Waals surface area contributed by atoms with Crippen LogP contribution in [0.3, 0.4) is 0 Å². The van der Waals surface area contributed by atoms with Gasteiger partial charge >= 0.3 is 0 Å². The minimum atomic E-state index is 0.391. The number of nitrogens with one attached hydrogen (secondary N) is 1. The van der Waals surface area contributed by atoms with Gasteiger partial charge in [0.2, 0.25) is 0 Å². The maximum absolute atomic E-state index is 5.50. The van der Waals surface area contributed by atoms with Crippen LogP contribution in [0.4, 0.5) is 0 Å². The van der Waals surface area contributed by atoms with Crippen LogP contribution in [0.1, 0.15) is 31.4 Å². The molecule has 0 aliphatic heterocycles. The predicted octanol–water partition coefficient (Wildman–Crippen LogP) is 3.59. The average molecular weight is 292 g/mol. The summed E-state index contributed by atoms with van der Waals surface area (Å²) in [5.74, 6) is 0. The van der Waals surface area contributed by atoms with Crippen LogP contribution in [0.25, 0.3) is 0 Å². The first-order chi connectivity index (χ1) is 7.29. The van der Waals surface area contributed by atoms with Gasteiger partial charge in [-0.2, -0.15) is 11.3 Å². The van der Waals surface area contributed by atoms with E-state index in [1.165, 1.54) is 10.0 Å². The summed E-state index contributed by atoms with van der Waals surface area (Å²) in [5.41, 5.74) is 1.34. The monoisotopic (exact) mass is 291 g/mol. The number of halogens is 1. The van der Waals surface area contributed by atoms with E-state index in [1.807, 2.05) is 7.05 Å². The quantitative estimate of drug-likeness (QED) is 0.775. The summed E-state index contributed by atoms with van der Waals surface area (Å²) in [4.78, 5) is 0. The van der Waals surface area contributed by atoms with Crippen molar-refractivity contribution in [2.45, 2.75) is 25.8 Å². The summed E-state index contributed by atoms with van der Waals surface area (Å²) in [6.45, 7) is 3.81. The van der Waals surface area contributed by atoms with Crippen molar-refractivity contribution in [3.63, 3.8) is 0 Å². The lowest BCUT2D eigenvalue weighted by atomic mass is 10.1. The highest BCUT2D eigenvalue weighted by Crippen LogP contribution is 2.28. The first-order valence-electron chi connectivity index (χ1n) is 5.26. The molecule has 1 aromatic heterocycles. The van der Waals surface area contributed by atoms with E-state index in [0.29, 0.717) is 6.04 Å². The normalized spacial score (nSPS) is 13.0. The van der Waals surface area contributed by atoms with Crippen LogP contribution in [-0.4, -0.2) is 20.3 Å². The summed E-state index contributed by atoms with van der Waals surface area (Å²) in [5, 5.41) is 7.62. The molecule has 0 fully saturated rings. The highest BCUT2D eigenvalue weighted by atomic mass is 79.9. The van der Waals surface area contributed by atoms with Gasteiger partial charge in [-0.3, -0.25) is 0 Å². The van der Waals surface area contributed by atoms with Crippen molar-refractivity contribution in [2.24, 2.45) is 0 Å². The van der Waals surface area contributed by atoms with E-state index < -0.39 is 0 Å². The van der Waals surface area contributed by atoms with Crippen LogP contribution in [0.2, 0.25) is 0 Å². The molecule has 0 aliphatic rings. The van der Waals surface area contributed by atoms with Crippen molar-refractivity contribution in [1.82, 2.24) is 5.32 Å². The molecule has 1 atom stereocenters. The first kappa shape index (κ1) is 13.2. The van der Waals surface area contributed by atoms with Crippen molar-refractivity contribution in [3.8, 4) is 0 Å². The Balaban J connectivity index is 2.39. The van der Waals surface area contributed by atoms with Crippen LogP contribution < -0.4 is 5.32 Å². The van der Waals surface area contributed by atoms with Crippen LogP contribution >= 0.6 is 27.3 Å². The fourth-order valence-corrected chi connectivity index (χ4v) is 3.07. The third-order valence-electron chi connectivity index (χ3n) is 2.27. The molecule has 1 rings (SSSR count). The Hall–Kier alpha value is 0.100. The molecule has 86 valence electrons. The van der Waals surface area contributed by atoms with Crippen molar-refractivity contribution in [1.29, 1.82) is 0 Å². The zero-order valence-corrected chi connectivity index (χ0v) is 11.7. The molecule has 1 unspecified atom stereocenters. The van der Waals surface area contributed by atoms with E-state index in [-0.39, 0.29) is 0 Å². The van der Waals surface area contributed by atoms with Crippen LogP contribution in [0, 0.1) is 0 Å². The molecular weight excluding hydrogens is 274 g/mol. The largest absolute Gasteiger partial charge is 0.381 e. The fourth-order valence-electron chi connectivity index (χ4n) is 1.44. The number of ether oxygens (including phenoxy) is 1. The maximum Gasteiger partial charge on any atom is 0.0484 e. The van der Waals surface area contributed by atoms with Gasteiger partial charge in [0, 0.05) is 29.1 Å². The number of hydrogen-bond acceptors (Lipinski definition) is 3. The Labute approximate surface area is 104 Å². The Bertz CT molecular complexity index is 277. The van der Waals surface area contributed by atoms with Crippen LogP contribution in [0.5, 0.6) is 0 Å². The molecule has 0 bridgehead atoms. The van der Waals surface area contributed by atoms with Crippen molar-refractivity contribution in [2.75, 3.05) is 20.3 Å². The van der Waals surface area contributed by atoms with Gasteiger partial charge in [0.1, 0.15) is 0 Å². The van der Waals surface area contributed by atoms with E-state index >= 15 is 0 Å². The number of hydrogen-bond donors (Lipinski definition) is 1. The second kappa shape index (κ2) is 7.39. The topological polar surface area (TPSA) is 21.3 Å². The third kappa shape index (κ3) is 4.23. The van der Waals surface area contributed by atoms with Crippen molar-refractivity contribution >= 4 is 27.3 Å². The van der Waals surface area contributed by atoms with Gasteiger partial charge in [0.05, 0.1) is 0 Å². The molecule has 0 amide bonds. The highest BCUT2D eigenvalue weighted by molar-refractivity contribution is 9.10. The molecule has 0 aromatic carbocycles. The number of thiophene rings is 1. The summed E-state index contributed by atoms with van der Waals surface area (Å²) in [6.07, 6.45) is 2.11. The summed E-state index contributed by atoms with van der Waals surface area (Å²) in [7, 11) is 1.99. The van der Waals surface area contributed by atoms with E-state index in [2.05, 4.69) is 38.9 Å². The lowest BCUT2D eigenvalue weighted by Gasteiger charge is -2.15. The van der Waals surface area contributed by atoms with Gasteiger partial charge in [-0.15, -0.1) is 0 Å². The minimum absolute atomic E-state index is 0.391. The van der Waals surface area contributed by atoms with Crippen molar-refractivity contribution in [3.05, 3.63) is 20.8 Å². The van der Waals surface area contributed by atoms with Gasteiger partial charge in [-0.05, 0) is 46.8 Å². The smallest absolute Gasteiger partial charge is 0.0484 e. The molecule has 1 N–H and O–H groups in total. The summed E-state index contributed by atoms with van der Waals surface area (Å²) < 4.78 is 6.70. The zero-order valence-electron chi connectivity index (χ0n) is 9.25. The SMILES string of the molecule is CCCOCCC(NC)c1cscc1Br. The fraction of sp³-hybridized carbons (Fsp3) is 0.636. The van der Waals surface area contributed by atoms with Crippen molar-refractivity contribution < 1.29 is 4.74 Å². The Morgan fingerprint density at radius 2 is 2.27 bits per heavy atom. The molecule has 0 aliphatic carbocycles. The zero-order chi connectivity index (χ0) is 11.1. The molecule has 0 radical (unpaired) electrons. The van der Waals surface area contributed by atoms with Gasteiger partial charge in [-0.1, -0.05) is 6.92 Å². The van der Waals surface area contributed by atoms with Gasteiger partial charge < -0.3 is 10.1 Å². The standard InChI is InChI=1S/C11H18BrNOS/c1-3-5-14-6-4-11(13-2)9-7-15-8-10(9)12/h7-8,11,13H,3-6H2,1-2H3. The second-order valence-corrected chi connectivity index (χ2v) is 5.02. The molecule has 15 heavy (non-hydrogen) atoms. The van der Waals surface area contributed by atoms with E-state index in [9.17, 15) is 0 Å². The second-order valence-electron chi connectivity index (χ2n) is 3.42. The Morgan fingerprint density at radius 1 is 1.47 bits per heavy atom. The number of rotatable bonds is 7. The highest BCUT2D eigenvalue weighted by Gasteiger charge is 2.12. The third-order valence-corrected chi connectivity index (χ3v) is 4.02. The van der Waals surface area contributed by atoms with Gasteiger partial charge in [0.15, 0.2) is 0 Å². The molecular formula is C11H18BrNOS. The molecule has 1 heterocycles. The lowest BCUT2D eigenvalue weighted by molar-refractivity contribution is 0.125. The Morgan fingerprint density at radius 3 is 2.80 bits per heavy atom. The van der Waals surface area contributed by atoms with Crippen LogP contribution in [-0.2, 0) is 4.74 Å². The molecule has 4 heteroatoms. The first-order valence-corrected chi connectivity index (χ1v) is 6.99. The van der Waals surface area contributed by atoms with Gasteiger partial charge in [0.25, 0.3) is 0 Å². The van der Waals surface area contributed by atoms with E-state index in [0.717, 1.165) is 26.1 Å². The summed E-state index contributed by atoms with van der Waals surface area (Å²) >= 11 is 5.29. The molecule has 0 spiro atoms. The maximum atomic E-state index is 5.50.